The first kappa shape index (κ1) is 27.1. The van der Waals surface area contributed by atoms with Gasteiger partial charge in [0.15, 0.2) is 16.3 Å². The van der Waals surface area contributed by atoms with Gasteiger partial charge in [-0.15, -0.1) is 0 Å². The average Bonchev–Trinajstić information content (AvgIpc) is 3.18. The van der Waals surface area contributed by atoms with E-state index >= 15 is 0 Å². The highest BCUT2D eigenvalue weighted by atomic mass is 32.1. The van der Waals surface area contributed by atoms with Gasteiger partial charge in [-0.1, -0.05) is 29.5 Å². The van der Waals surface area contributed by atoms with Crippen molar-refractivity contribution in [2.24, 2.45) is 4.99 Å². The van der Waals surface area contributed by atoms with E-state index in [4.69, 9.17) is 14.2 Å². The maximum Gasteiger partial charge on any atom is 0.387 e. The number of thiazole rings is 1. The molecule has 3 aromatic rings. The van der Waals surface area contributed by atoms with Crippen molar-refractivity contribution in [1.29, 1.82) is 0 Å². The summed E-state index contributed by atoms with van der Waals surface area (Å²) in [4.78, 5) is 31.7. The third kappa shape index (κ3) is 5.47. The summed E-state index contributed by atoms with van der Waals surface area (Å²) in [5.41, 5.74) is 1.54. The molecule has 0 N–H and O–H groups in total. The Morgan fingerprint density at radius 3 is 2.50 bits per heavy atom. The summed E-state index contributed by atoms with van der Waals surface area (Å²) in [7, 11) is 1.53. The molecule has 38 heavy (non-hydrogen) atoms. The van der Waals surface area contributed by atoms with E-state index in [1.54, 1.807) is 50.3 Å². The van der Waals surface area contributed by atoms with Crippen LogP contribution < -0.4 is 29.1 Å². The molecule has 1 aromatic heterocycles. The Hall–Kier alpha value is -3.99. The highest BCUT2D eigenvalue weighted by Crippen LogP contribution is 2.36. The van der Waals surface area contributed by atoms with Crippen molar-refractivity contribution < 1.29 is 32.5 Å². The molecule has 0 aliphatic carbocycles. The molecule has 8 nitrogen and oxygen atoms in total. The van der Waals surface area contributed by atoms with E-state index in [9.17, 15) is 18.4 Å². The maximum atomic E-state index is 13.7. The van der Waals surface area contributed by atoms with Crippen molar-refractivity contribution >= 4 is 23.4 Å². The van der Waals surface area contributed by atoms with Gasteiger partial charge >= 0.3 is 12.6 Å². The predicted molar refractivity (Wildman–Crippen MR) is 138 cm³/mol. The Morgan fingerprint density at radius 2 is 1.87 bits per heavy atom. The summed E-state index contributed by atoms with van der Waals surface area (Å²) >= 11 is 1.16. The number of carbonyl (C=O) groups is 1. The van der Waals surface area contributed by atoms with Crippen LogP contribution in [0.1, 0.15) is 37.9 Å². The smallest absolute Gasteiger partial charge is 0.387 e. The van der Waals surface area contributed by atoms with Crippen LogP contribution >= 0.6 is 11.3 Å². The fourth-order valence-electron chi connectivity index (χ4n) is 4.14. The van der Waals surface area contributed by atoms with Gasteiger partial charge in [-0.3, -0.25) is 9.36 Å². The highest BCUT2D eigenvalue weighted by molar-refractivity contribution is 7.07. The molecule has 0 spiro atoms. The second-order valence-electron chi connectivity index (χ2n) is 8.09. The van der Waals surface area contributed by atoms with Crippen molar-refractivity contribution in [3.05, 3.63) is 84.5 Å². The van der Waals surface area contributed by atoms with Crippen molar-refractivity contribution in [1.82, 2.24) is 4.57 Å². The number of aromatic nitrogens is 1. The number of carbonyl (C=O) groups excluding carboxylic acids is 1. The summed E-state index contributed by atoms with van der Waals surface area (Å²) in [6.07, 6.45) is 1.63. The van der Waals surface area contributed by atoms with Gasteiger partial charge in [-0.05, 0) is 62.2 Å². The topological polar surface area (TPSA) is 88.4 Å². The first-order valence-corrected chi connectivity index (χ1v) is 12.6. The molecule has 11 heteroatoms. The zero-order chi connectivity index (χ0) is 27.4. The second-order valence-corrected chi connectivity index (χ2v) is 9.10. The Bertz CT molecular complexity index is 1540. The molecule has 4 rings (SSSR count). The lowest BCUT2D eigenvalue weighted by molar-refractivity contribution is -0.139. The molecule has 2 aromatic carbocycles. The van der Waals surface area contributed by atoms with Gasteiger partial charge < -0.3 is 18.9 Å². The quantitative estimate of drug-likeness (QED) is 0.381. The molecule has 1 atom stereocenters. The van der Waals surface area contributed by atoms with Gasteiger partial charge in [0.25, 0.3) is 5.56 Å². The minimum atomic E-state index is -2.93. The number of ether oxygens (including phenoxy) is 4. The van der Waals surface area contributed by atoms with Crippen LogP contribution in [-0.2, 0) is 9.53 Å². The normalized spacial score (nSPS) is 15.2. The van der Waals surface area contributed by atoms with Gasteiger partial charge in [0.1, 0.15) is 5.75 Å². The Balaban J connectivity index is 1.88. The van der Waals surface area contributed by atoms with Crippen molar-refractivity contribution in [2.45, 2.75) is 33.4 Å². The Kier molecular flexibility index (Phi) is 8.26. The van der Waals surface area contributed by atoms with Gasteiger partial charge in [0.05, 0.1) is 42.2 Å². The molecular weight excluding hydrogens is 518 g/mol. The van der Waals surface area contributed by atoms with Crippen molar-refractivity contribution in [2.75, 3.05) is 20.3 Å². The summed E-state index contributed by atoms with van der Waals surface area (Å²) in [5, 5.41) is 0. The number of alkyl halides is 2. The highest BCUT2D eigenvalue weighted by Gasteiger charge is 2.34. The SMILES string of the molecule is CCOC(=O)C1=C(C)N=c2s/c(=C/c3ccc(OC(F)F)cc3)c(=O)n2[C@@H]1c1ccc(OC)c(OCC)c1. The number of esters is 1. The summed E-state index contributed by atoms with van der Waals surface area (Å²) in [5.74, 6) is 0.425. The largest absolute Gasteiger partial charge is 0.493 e. The monoisotopic (exact) mass is 544 g/mol. The molecule has 0 radical (unpaired) electrons. The third-order valence-corrected chi connectivity index (χ3v) is 6.71. The average molecular weight is 545 g/mol. The number of methoxy groups -OCH3 is 1. The van der Waals surface area contributed by atoms with E-state index in [0.29, 0.717) is 44.3 Å². The second kappa shape index (κ2) is 11.6. The zero-order valence-corrected chi connectivity index (χ0v) is 22.0. The van der Waals surface area contributed by atoms with Gasteiger partial charge in [0, 0.05) is 0 Å². The molecule has 0 unspecified atom stereocenters. The summed E-state index contributed by atoms with van der Waals surface area (Å²) in [6, 6.07) is 10.3. The minimum Gasteiger partial charge on any atom is -0.493 e. The van der Waals surface area contributed by atoms with E-state index < -0.39 is 18.6 Å². The van der Waals surface area contributed by atoms with E-state index in [2.05, 4.69) is 9.73 Å². The number of hydrogen-bond donors (Lipinski definition) is 0. The lowest BCUT2D eigenvalue weighted by Crippen LogP contribution is -2.40. The van der Waals surface area contributed by atoms with Crippen LogP contribution in [0.3, 0.4) is 0 Å². The first-order chi connectivity index (χ1) is 18.3. The summed E-state index contributed by atoms with van der Waals surface area (Å²) < 4.78 is 47.6. The number of fused-ring (bicyclic) bond motifs is 1. The number of halogens is 2. The Morgan fingerprint density at radius 1 is 1.13 bits per heavy atom. The van der Waals surface area contributed by atoms with Crippen LogP contribution in [0.15, 0.2) is 63.5 Å². The van der Waals surface area contributed by atoms with E-state index in [0.717, 1.165) is 11.3 Å². The summed E-state index contributed by atoms with van der Waals surface area (Å²) in [6.45, 7) is 2.87. The third-order valence-electron chi connectivity index (χ3n) is 5.72. The number of rotatable bonds is 9. The number of hydrogen-bond acceptors (Lipinski definition) is 8. The molecule has 200 valence electrons. The zero-order valence-electron chi connectivity index (χ0n) is 21.2. The molecule has 2 heterocycles. The fourth-order valence-corrected chi connectivity index (χ4v) is 5.18. The van der Waals surface area contributed by atoms with E-state index in [-0.39, 0.29) is 23.5 Å². The standard InChI is InChI=1S/C27H26F2N2O6S/c1-5-35-20-14-17(9-12-19(20)34-4)23-22(25(33)36-6-2)15(3)30-27-31(23)24(32)21(38-27)13-16-7-10-18(11-8-16)37-26(28)29/h7-14,23,26H,5-6H2,1-4H3/b21-13+/t23-/m1/s1. The predicted octanol–water partition coefficient (Wildman–Crippen LogP) is 3.81. The number of nitrogens with zero attached hydrogens (tertiary/aromatic N) is 2. The van der Waals surface area contributed by atoms with Crippen LogP contribution in [0.4, 0.5) is 8.78 Å². The number of benzene rings is 2. The lowest BCUT2D eigenvalue weighted by Gasteiger charge is -2.25. The van der Waals surface area contributed by atoms with Crippen LogP contribution in [0.5, 0.6) is 17.2 Å². The van der Waals surface area contributed by atoms with Gasteiger partial charge in [-0.2, -0.15) is 8.78 Å². The molecule has 0 saturated carbocycles. The van der Waals surface area contributed by atoms with Crippen LogP contribution in [0.2, 0.25) is 0 Å². The van der Waals surface area contributed by atoms with E-state index in [1.165, 1.54) is 23.8 Å². The molecular formula is C27H26F2N2O6S. The van der Waals surface area contributed by atoms with Crippen LogP contribution in [-0.4, -0.2) is 37.5 Å². The van der Waals surface area contributed by atoms with Gasteiger partial charge in [0.2, 0.25) is 0 Å². The van der Waals surface area contributed by atoms with E-state index in [1.807, 2.05) is 6.92 Å². The Labute approximate surface area is 221 Å². The van der Waals surface area contributed by atoms with Crippen LogP contribution in [0, 0.1) is 0 Å². The fraction of sp³-hybridized carbons (Fsp3) is 0.296. The first-order valence-electron chi connectivity index (χ1n) is 11.8. The molecule has 1 aliphatic rings. The van der Waals surface area contributed by atoms with Crippen molar-refractivity contribution in [3.8, 4) is 17.2 Å². The van der Waals surface area contributed by atoms with Crippen LogP contribution in [0.25, 0.3) is 6.08 Å². The molecule has 1 aliphatic heterocycles. The van der Waals surface area contributed by atoms with Crippen molar-refractivity contribution in [3.63, 3.8) is 0 Å². The molecule has 0 bridgehead atoms. The molecule has 0 amide bonds. The number of allylic oxidation sites excluding steroid dienone is 1. The minimum absolute atomic E-state index is 0.0120. The molecule has 0 saturated heterocycles. The van der Waals surface area contributed by atoms with Gasteiger partial charge in [-0.25, -0.2) is 9.79 Å². The maximum absolute atomic E-state index is 13.7. The lowest BCUT2D eigenvalue weighted by atomic mass is 9.95. The molecule has 0 fully saturated rings.